The van der Waals surface area contributed by atoms with Gasteiger partial charge in [0, 0.05) is 32.0 Å². The molecule has 0 radical (unpaired) electrons. The van der Waals surface area contributed by atoms with Crippen molar-refractivity contribution in [1.82, 2.24) is 15.3 Å². The van der Waals surface area contributed by atoms with Crippen LogP contribution in [-0.2, 0) is 17.4 Å². The van der Waals surface area contributed by atoms with E-state index in [9.17, 15) is 28.1 Å². The third-order valence-electron chi connectivity index (χ3n) is 4.31. The number of alkyl halides is 3. The number of aromatic amines is 1. The lowest BCUT2D eigenvalue weighted by molar-refractivity contribution is -0.384. The molecule has 0 bridgehead atoms. The average molecular weight is 421 g/mol. The molecular formula is C19H18F3N5O3. The predicted octanol–water partition coefficient (Wildman–Crippen LogP) is 3.65. The molecule has 3 aromatic rings. The van der Waals surface area contributed by atoms with Gasteiger partial charge in [-0.2, -0.15) is 13.2 Å². The Hall–Kier alpha value is -3.63. The van der Waals surface area contributed by atoms with E-state index in [0.29, 0.717) is 19.0 Å². The average Bonchev–Trinajstić information content (AvgIpc) is 3.10. The summed E-state index contributed by atoms with van der Waals surface area (Å²) >= 11 is 0. The molecule has 8 nitrogen and oxygen atoms in total. The number of fused-ring (bicyclic) bond motifs is 1. The first-order valence-corrected chi connectivity index (χ1v) is 9.04. The zero-order valence-electron chi connectivity index (χ0n) is 15.6. The number of para-hydroxylation sites is 2. The molecule has 0 aliphatic heterocycles. The predicted molar refractivity (Wildman–Crippen MR) is 104 cm³/mol. The Bertz CT molecular complexity index is 1030. The lowest BCUT2D eigenvalue weighted by Gasteiger charge is -2.10. The van der Waals surface area contributed by atoms with Crippen LogP contribution >= 0.6 is 0 Å². The number of benzene rings is 2. The first-order valence-electron chi connectivity index (χ1n) is 9.04. The molecule has 30 heavy (non-hydrogen) atoms. The second kappa shape index (κ2) is 8.80. The van der Waals surface area contributed by atoms with Crippen LogP contribution in [0, 0.1) is 10.1 Å². The maximum atomic E-state index is 12.7. The van der Waals surface area contributed by atoms with Crippen LogP contribution in [-0.4, -0.2) is 33.9 Å². The number of hydrogen-bond donors (Lipinski definition) is 3. The fraction of sp³-hybridized carbons (Fsp3) is 0.263. The van der Waals surface area contributed by atoms with Gasteiger partial charge in [-0.25, -0.2) is 4.98 Å². The highest BCUT2D eigenvalue weighted by Crippen LogP contribution is 2.34. The van der Waals surface area contributed by atoms with E-state index in [1.54, 1.807) is 0 Å². The van der Waals surface area contributed by atoms with Crippen molar-refractivity contribution in [1.29, 1.82) is 0 Å². The van der Waals surface area contributed by atoms with Gasteiger partial charge in [0.2, 0.25) is 5.91 Å². The molecule has 3 N–H and O–H groups in total. The number of H-pyrrole nitrogens is 1. The summed E-state index contributed by atoms with van der Waals surface area (Å²) in [5, 5.41) is 16.4. The van der Waals surface area contributed by atoms with Crippen molar-refractivity contribution in [3.63, 3.8) is 0 Å². The number of nitrogens with zero attached hydrogens (tertiary/aromatic N) is 2. The van der Waals surface area contributed by atoms with Crippen LogP contribution in [0.1, 0.15) is 17.8 Å². The summed E-state index contributed by atoms with van der Waals surface area (Å²) in [5.74, 6) is 0.434. The number of imidazole rings is 1. The second-order valence-corrected chi connectivity index (χ2v) is 6.46. The summed E-state index contributed by atoms with van der Waals surface area (Å²) in [4.78, 5) is 29.6. The van der Waals surface area contributed by atoms with E-state index in [1.807, 2.05) is 24.3 Å². The number of nitrogens with one attached hydrogen (secondary N) is 3. The van der Waals surface area contributed by atoms with E-state index in [-0.39, 0.29) is 24.6 Å². The lowest BCUT2D eigenvalue weighted by Crippen LogP contribution is -2.27. The first-order chi connectivity index (χ1) is 14.2. The Kier molecular flexibility index (Phi) is 6.19. The molecule has 158 valence electrons. The molecular weight excluding hydrogens is 403 g/mol. The van der Waals surface area contributed by atoms with Gasteiger partial charge in [-0.15, -0.1) is 0 Å². The van der Waals surface area contributed by atoms with Gasteiger partial charge < -0.3 is 15.6 Å². The third-order valence-corrected chi connectivity index (χ3v) is 4.31. The first kappa shape index (κ1) is 21.1. The fourth-order valence-electron chi connectivity index (χ4n) is 2.85. The van der Waals surface area contributed by atoms with Gasteiger partial charge in [-0.1, -0.05) is 12.1 Å². The van der Waals surface area contributed by atoms with Crippen LogP contribution in [0.2, 0.25) is 0 Å². The monoisotopic (exact) mass is 421 g/mol. The van der Waals surface area contributed by atoms with Crippen molar-refractivity contribution in [2.75, 3.05) is 18.4 Å². The van der Waals surface area contributed by atoms with Gasteiger partial charge in [0.15, 0.2) is 0 Å². The Morgan fingerprint density at radius 1 is 1.17 bits per heavy atom. The topological polar surface area (TPSA) is 113 Å². The summed E-state index contributed by atoms with van der Waals surface area (Å²) in [6, 6.07) is 9.75. The highest BCUT2D eigenvalue weighted by atomic mass is 19.4. The summed E-state index contributed by atoms with van der Waals surface area (Å²) in [7, 11) is 0. The highest BCUT2D eigenvalue weighted by Gasteiger charge is 2.33. The minimum atomic E-state index is -4.68. The van der Waals surface area contributed by atoms with E-state index in [2.05, 4.69) is 20.6 Å². The Morgan fingerprint density at radius 2 is 1.93 bits per heavy atom. The zero-order chi connectivity index (χ0) is 21.7. The van der Waals surface area contributed by atoms with Crippen molar-refractivity contribution < 1.29 is 22.9 Å². The van der Waals surface area contributed by atoms with Crippen LogP contribution in [0.5, 0.6) is 0 Å². The molecule has 0 aliphatic rings. The molecule has 1 aromatic heterocycles. The fourth-order valence-corrected chi connectivity index (χ4v) is 2.85. The Labute approximate surface area is 168 Å². The van der Waals surface area contributed by atoms with Gasteiger partial charge in [-0.05, 0) is 24.3 Å². The van der Waals surface area contributed by atoms with Gasteiger partial charge in [0.25, 0.3) is 5.69 Å². The summed E-state index contributed by atoms with van der Waals surface area (Å²) < 4.78 is 38.2. The number of nitro benzene ring substituents is 1. The van der Waals surface area contributed by atoms with Gasteiger partial charge in [0.05, 0.1) is 21.5 Å². The molecule has 3 rings (SSSR count). The van der Waals surface area contributed by atoms with Crippen molar-refractivity contribution in [2.45, 2.75) is 19.0 Å². The van der Waals surface area contributed by atoms with E-state index >= 15 is 0 Å². The minimum Gasteiger partial charge on any atom is -0.379 e. The molecule has 11 heteroatoms. The van der Waals surface area contributed by atoms with Crippen LogP contribution in [0.25, 0.3) is 11.0 Å². The summed E-state index contributed by atoms with van der Waals surface area (Å²) in [5.41, 5.74) is -0.149. The SMILES string of the molecule is O=C(CCNc1ccc(C(F)(F)F)cc1[N+](=O)[O-])NCCc1nc2ccccc2[nH]1. The zero-order valence-corrected chi connectivity index (χ0v) is 15.6. The number of rotatable bonds is 8. The number of aromatic nitrogens is 2. The molecule has 0 saturated heterocycles. The maximum absolute atomic E-state index is 12.7. The van der Waals surface area contributed by atoms with Crippen molar-refractivity contribution in [3.05, 3.63) is 64.0 Å². The number of amides is 1. The molecule has 0 unspecified atom stereocenters. The summed E-state index contributed by atoms with van der Waals surface area (Å²) in [6.07, 6.45) is -4.18. The maximum Gasteiger partial charge on any atom is 0.416 e. The highest BCUT2D eigenvalue weighted by molar-refractivity contribution is 5.77. The number of halogens is 3. The van der Waals surface area contributed by atoms with Crippen LogP contribution < -0.4 is 10.6 Å². The lowest BCUT2D eigenvalue weighted by atomic mass is 10.1. The Morgan fingerprint density at radius 3 is 2.63 bits per heavy atom. The molecule has 0 aliphatic carbocycles. The normalized spacial score (nSPS) is 11.4. The standard InChI is InChI=1S/C19H18F3N5O3/c20-19(21,22)12-5-6-15(16(11-12)27(29)30)23-10-8-18(28)24-9-7-17-25-13-3-1-2-4-14(13)26-17/h1-6,11,23H,7-10H2,(H,24,28)(H,25,26). The molecule has 0 spiro atoms. The quantitative estimate of drug-likeness (QED) is 0.380. The third kappa shape index (κ3) is 5.25. The minimum absolute atomic E-state index is 0.00168. The largest absolute Gasteiger partial charge is 0.416 e. The van der Waals surface area contributed by atoms with Crippen molar-refractivity contribution in [3.8, 4) is 0 Å². The van der Waals surface area contributed by atoms with E-state index in [0.717, 1.165) is 29.0 Å². The molecule has 0 atom stereocenters. The van der Waals surface area contributed by atoms with Crippen LogP contribution in [0.4, 0.5) is 24.5 Å². The number of anilines is 1. The van der Waals surface area contributed by atoms with E-state index in [1.165, 1.54) is 0 Å². The number of carbonyl (C=O) groups excluding carboxylic acids is 1. The van der Waals surface area contributed by atoms with Crippen molar-refractivity contribution in [2.24, 2.45) is 0 Å². The van der Waals surface area contributed by atoms with Crippen LogP contribution in [0.3, 0.4) is 0 Å². The molecule has 0 saturated carbocycles. The number of carbonyl (C=O) groups is 1. The molecule has 1 amide bonds. The molecule has 0 fully saturated rings. The molecule has 2 aromatic carbocycles. The smallest absolute Gasteiger partial charge is 0.379 e. The second-order valence-electron chi connectivity index (χ2n) is 6.46. The van der Waals surface area contributed by atoms with E-state index in [4.69, 9.17) is 0 Å². The number of hydrogen-bond acceptors (Lipinski definition) is 5. The van der Waals surface area contributed by atoms with Crippen LogP contribution in [0.15, 0.2) is 42.5 Å². The van der Waals surface area contributed by atoms with Gasteiger partial charge in [-0.3, -0.25) is 14.9 Å². The van der Waals surface area contributed by atoms with Gasteiger partial charge in [0.1, 0.15) is 11.5 Å². The van der Waals surface area contributed by atoms with Crippen molar-refractivity contribution >= 4 is 28.3 Å². The van der Waals surface area contributed by atoms with E-state index < -0.39 is 22.4 Å². The Balaban J connectivity index is 1.47. The number of nitro groups is 1. The van der Waals surface area contributed by atoms with Gasteiger partial charge >= 0.3 is 6.18 Å². The molecule has 1 heterocycles. The summed E-state index contributed by atoms with van der Waals surface area (Å²) in [6.45, 7) is 0.377.